The Hall–Kier alpha value is -2.97. The van der Waals surface area contributed by atoms with E-state index in [1.807, 2.05) is 0 Å². The molecule has 0 spiro atoms. The molecule has 0 radical (unpaired) electrons. The Morgan fingerprint density at radius 2 is 2.00 bits per heavy atom. The summed E-state index contributed by atoms with van der Waals surface area (Å²) < 4.78 is 84.7. The number of hydrogen-bond acceptors (Lipinski definition) is 6. The van der Waals surface area contributed by atoms with Crippen LogP contribution in [0.3, 0.4) is 0 Å². The van der Waals surface area contributed by atoms with Gasteiger partial charge in [0.1, 0.15) is 17.3 Å². The number of benzene rings is 2. The van der Waals surface area contributed by atoms with E-state index in [0.717, 1.165) is 18.2 Å². The topological polar surface area (TPSA) is 95.5 Å². The number of nitrogens with one attached hydrogen (secondary N) is 1. The third-order valence-electron chi connectivity index (χ3n) is 4.81. The molecule has 0 aromatic heterocycles. The molecule has 0 fully saturated rings. The number of ether oxygens (including phenoxy) is 2. The molecule has 170 valence electrons. The van der Waals surface area contributed by atoms with Gasteiger partial charge in [0.25, 0.3) is 0 Å². The van der Waals surface area contributed by atoms with Crippen LogP contribution < -0.4 is 4.74 Å². The number of nitrogens with zero attached hydrogens (tertiary/aromatic N) is 2. The highest BCUT2D eigenvalue weighted by Crippen LogP contribution is 2.42. The summed E-state index contributed by atoms with van der Waals surface area (Å²) in [6.45, 7) is 0.700. The predicted octanol–water partition coefficient (Wildman–Crippen LogP) is 5.19. The molecule has 0 bridgehead atoms. The van der Waals surface area contributed by atoms with Gasteiger partial charge in [-0.15, -0.1) is 0 Å². The molecule has 2 aromatic rings. The van der Waals surface area contributed by atoms with Gasteiger partial charge < -0.3 is 9.47 Å². The largest absolute Gasteiger partial charge is 0.483 e. The molecule has 2 aromatic carbocycles. The fraction of sp³-hybridized carbons (Fsp3) is 0.333. The van der Waals surface area contributed by atoms with Crippen LogP contribution in [0.15, 0.2) is 40.2 Å². The minimum Gasteiger partial charge on any atom is -0.457 e. The zero-order valence-electron chi connectivity index (χ0n) is 17.0. The molecule has 1 aliphatic rings. The highest BCUT2D eigenvalue weighted by atomic mass is 32.2. The monoisotopic (exact) mass is 469 g/mol. The van der Waals surface area contributed by atoms with Gasteiger partial charge in [-0.05, 0) is 43.5 Å². The molecule has 1 unspecified atom stereocenters. The molecule has 3 rings (SSSR count). The molecule has 11 heteroatoms. The molecule has 1 atom stereocenters. The molecular formula is C21H19F4N3O3S. The van der Waals surface area contributed by atoms with Gasteiger partial charge in [0.2, 0.25) is 0 Å². The summed E-state index contributed by atoms with van der Waals surface area (Å²) in [6.07, 6.45) is 1.06. The number of aliphatic imine (C=N–C) groups is 1. The SMILES string of the molecule is COCCC/N=C1\CCc2c(Oc3cc(F)cc(C#N)c3)ccc(S(=N)(=O)C(F)(F)F)c21. The van der Waals surface area contributed by atoms with Gasteiger partial charge in [-0.1, -0.05) is 0 Å². The molecule has 1 N–H and O–H groups in total. The fourth-order valence-electron chi connectivity index (χ4n) is 3.39. The standard InChI is InChI=1S/C21H19F4N3O3S/c1-30-8-2-7-28-17-4-3-16-18(31-15-10-13(12-26)9-14(22)11-15)5-6-19(20(16)17)32(27,29)21(23,24)25/h5-6,9-11,27H,2-4,7-8H2,1H3/b28-17+. The lowest BCUT2D eigenvalue weighted by Gasteiger charge is -2.18. The Bertz CT molecular complexity index is 1200. The maximum atomic E-state index is 13.8. The van der Waals surface area contributed by atoms with Gasteiger partial charge in [0.05, 0.1) is 16.5 Å². The summed E-state index contributed by atoms with van der Waals surface area (Å²) in [6, 6.07) is 7.27. The van der Waals surface area contributed by atoms with Crippen LogP contribution in [0.2, 0.25) is 0 Å². The predicted molar refractivity (Wildman–Crippen MR) is 109 cm³/mol. The van der Waals surface area contributed by atoms with Gasteiger partial charge in [-0.25, -0.2) is 13.4 Å². The molecular weight excluding hydrogens is 450 g/mol. The lowest BCUT2D eigenvalue weighted by Crippen LogP contribution is -2.24. The van der Waals surface area contributed by atoms with Gasteiger partial charge in [0.15, 0.2) is 9.73 Å². The molecule has 0 amide bonds. The Morgan fingerprint density at radius 3 is 2.66 bits per heavy atom. The summed E-state index contributed by atoms with van der Waals surface area (Å²) in [5.41, 5.74) is -4.66. The van der Waals surface area contributed by atoms with Crippen LogP contribution in [-0.2, 0) is 20.9 Å². The third kappa shape index (κ3) is 4.76. The minimum atomic E-state index is -5.27. The molecule has 32 heavy (non-hydrogen) atoms. The quantitative estimate of drug-likeness (QED) is 0.446. The van der Waals surface area contributed by atoms with Crippen LogP contribution in [0.25, 0.3) is 0 Å². The lowest BCUT2D eigenvalue weighted by molar-refractivity contribution is -0.0406. The normalized spacial score (nSPS) is 16.4. The first-order chi connectivity index (χ1) is 15.1. The van der Waals surface area contributed by atoms with E-state index < -0.39 is 26.0 Å². The van der Waals surface area contributed by atoms with Crippen molar-refractivity contribution in [2.45, 2.75) is 29.7 Å². The molecule has 0 heterocycles. The number of nitriles is 1. The van der Waals surface area contributed by atoms with Crippen molar-refractivity contribution in [1.29, 1.82) is 10.0 Å². The van der Waals surface area contributed by atoms with Crippen molar-refractivity contribution in [3.05, 3.63) is 52.8 Å². The minimum absolute atomic E-state index is 0.00980. The number of halogens is 4. The highest BCUT2D eigenvalue weighted by Gasteiger charge is 2.46. The van der Waals surface area contributed by atoms with E-state index in [-0.39, 0.29) is 42.0 Å². The van der Waals surface area contributed by atoms with Crippen molar-refractivity contribution >= 4 is 15.4 Å². The van der Waals surface area contributed by atoms with Crippen LogP contribution in [0.1, 0.15) is 29.5 Å². The van der Waals surface area contributed by atoms with E-state index in [0.29, 0.717) is 24.3 Å². The van der Waals surface area contributed by atoms with E-state index >= 15 is 0 Å². The maximum absolute atomic E-state index is 13.8. The average molecular weight is 469 g/mol. The van der Waals surface area contributed by atoms with Crippen molar-refractivity contribution in [2.24, 2.45) is 4.99 Å². The van der Waals surface area contributed by atoms with Crippen molar-refractivity contribution in [1.82, 2.24) is 0 Å². The van der Waals surface area contributed by atoms with E-state index in [9.17, 15) is 21.8 Å². The first-order valence-corrected chi connectivity index (χ1v) is 11.1. The van der Waals surface area contributed by atoms with Crippen LogP contribution in [0, 0.1) is 21.9 Å². The van der Waals surface area contributed by atoms with Crippen LogP contribution in [-0.4, -0.2) is 35.7 Å². The third-order valence-corrected chi connectivity index (χ3v) is 6.42. The average Bonchev–Trinajstić information content (AvgIpc) is 3.14. The number of rotatable bonds is 7. The molecule has 0 saturated heterocycles. The number of fused-ring (bicyclic) bond motifs is 1. The number of hydrogen-bond donors (Lipinski definition) is 1. The smallest absolute Gasteiger partial charge is 0.457 e. The van der Waals surface area contributed by atoms with Crippen LogP contribution in [0.5, 0.6) is 11.5 Å². The number of alkyl halides is 3. The first-order valence-electron chi connectivity index (χ1n) is 9.50. The van der Waals surface area contributed by atoms with Crippen molar-refractivity contribution < 1.29 is 31.2 Å². The summed E-state index contributed by atoms with van der Waals surface area (Å²) >= 11 is 0. The number of methoxy groups -OCH3 is 1. The Kier molecular flexibility index (Phi) is 6.85. The zero-order valence-corrected chi connectivity index (χ0v) is 17.8. The molecule has 0 aliphatic heterocycles. The molecule has 0 saturated carbocycles. The summed E-state index contributed by atoms with van der Waals surface area (Å²) in [5, 5.41) is 9.01. The summed E-state index contributed by atoms with van der Waals surface area (Å²) in [5.74, 6) is -0.596. The van der Waals surface area contributed by atoms with E-state index in [1.54, 1.807) is 6.07 Å². The second-order valence-corrected chi connectivity index (χ2v) is 9.00. The first kappa shape index (κ1) is 23.7. The van der Waals surface area contributed by atoms with Crippen molar-refractivity contribution in [3.63, 3.8) is 0 Å². The summed E-state index contributed by atoms with van der Waals surface area (Å²) in [7, 11) is -3.62. The Labute approximate surface area is 182 Å². The van der Waals surface area contributed by atoms with Crippen molar-refractivity contribution in [3.8, 4) is 17.6 Å². The van der Waals surface area contributed by atoms with E-state index in [1.165, 1.54) is 19.2 Å². The molecule has 6 nitrogen and oxygen atoms in total. The van der Waals surface area contributed by atoms with Gasteiger partial charge >= 0.3 is 5.51 Å². The van der Waals surface area contributed by atoms with Crippen molar-refractivity contribution in [2.75, 3.05) is 20.3 Å². The van der Waals surface area contributed by atoms with E-state index in [4.69, 9.17) is 19.5 Å². The Morgan fingerprint density at radius 1 is 1.25 bits per heavy atom. The maximum Gasteiger partial charge on any atom is 0.483 e. The van der Waals surface area contributed by atoms with Gasteiger partial charge in [-0.3, -0.25) is 4.99 Å². The van der Waals surface area contributed by atoms with Gasteiger partial charge in [-0.2, -0.15) is 18.4 Å². The molecule has 1 aliphatic carbocycles. The highest BCUT2D eigenvalue weighted by molar-refractivity contribution is 7.93. The summed E-state index contributed by atoms with van der Waals surface area (Å²) in [4.78, 5) is 3.68. The van der Waals surface area contributed by atoms with Gasteiger partial charge in [0, 0.05) is 43.2 Å². The van der Waals surface area contributed by atoms with Crippen LogP contribution >= 0.6 is 0 Å². The fourth-order valence-corrected chi connectivity index (χ4v) is 4.43. The second kappa shape index (κ2) is 9.26. The van der Waals surface area contributed by atoms with E-state index in [2.05, 4.69) is 4.99 Å². The second-order valence-electron chi connectivity index (χ2n) is 6.98. The zero-order chi connectivity index (χ0) is 23.5. The Balaban J connectivity index is 2.11. The van der Waals surface area contributed by atoms with Crippen LogP contribution in [0.4, 0.5) is 17.6 Å². The lowest BCUT2D eigenvalue weighted by atomic mass is 10.1.